The van der Waals surface area contributed by atoms with E-state index in [0.29, 0.717) is 32.1 Å². The van der Waals surface area contributed by atoms with Gasteiger partial charge in [-0.15, -0.1) is 24.0 Å². The van der Waals surface area contributed by atoms with E-state index >= 15 is 0 Å². The molecule has 11 heteroatoms. The number of ether oxygens (including phenoxy) is 1. The number of alkyl halides is 3. The van der Waals surface area contributed by atoms with Gasteiger partial charge in [0.25, 0.3) is 0 Å². The summed E-state index contributed by atoms with van der Waals surface area (Å²) in [6.07, 6.45) is -4.55. The van der Waals surface area contributed by atoms with Gasteiger partial charge >= 0.3 is 12.3 Å². The molecule has 0 aromatic heterocycles. The average Bonchev–Trinajstić information content (AvgIpc) is 2.56. The van der Waals surface area contributed by atoms with Crippen LogP contribution in [0, 0.1) is 0 Å². The van der Waals surface area contributed by atoms with Gasteiger partial charge in [0.05, 0.1) is 6.42 Å². The van der Waals surface area contributed by atoms with E-state index < -0.39 is 18.2 Å². The molecule has 1 aliphatic rings. The molecule has 172 valence electrons. The Morgan fingerprint density at radius 3 is 2.24 bits per heavy atom. The number of aliphatic imine (C=N–C) groups is 1. The molecule has 1 amide bonds. The second-order valence-corrected chi connectivity index (χ2v) is 7.72. The maximum atomic E-state index is 12.2. The zero-order chi connectivity index (χ0) is 21.2. The monoisotopic (exact) mass is 537 g/mol. The lowest BCUT2D eigenvalue weighted by molar-refractivity contribution is -0.132. The molecule has 1 fully saturated rings. The Hall–Kier alpha value is -0.980. The predicted octanol–water partition coefficient (Wildman–Crippen LogP) is 3.05. The first kappa shape index (κ1) is 28.0. The number of carbonyl (C=O) groups is 1. The summed E-state index contributed by atoms with van der Waals surface area (Å²) in [4.78, 5) is 20.3. The Balaban J connectivity index is 0.00000784. The smallest absolute Gasteiger partial charge is 0.410 e. The number of hydrogen-bond donors (Lipinski definition) is 2. The number of rotatable bonds is 7. The Morgan fingerprint density at radius 2 is 1.72 bits per heavy atom. The molecule has 0 saturated carbocycles. The van der Waals surface area contributed by atoms with Crippen LogP contribution in [0.15, 0.2) is 4.99 Å². The summed E-state index contributed by atoms with van der Waals surface area (Å²) in [6.45, 7) is 11.9. The molecule has 0 radical (unpaired) electrons. The van der Waals surface area contributed by atoms with Gasteiger partial charge in [-0.1, -0.05) is 0 Å². The highest BCUT2D eigenvalue weighted by Crippen LogP contribution is 2.18. The number of carbonyl (C=O) groups excluding carboxylic acids is 1. The maximum absolute atomic E-state index is 12.2. The van der Waals surface area contributed by atoms with Crippen LogP contribution in [0.1, 0.15) is 40.5 Å². The second kappa shape index (κ2) is 13.3. The van der Waals surface area contributed by atoms with Gasteiger partial charge in [0.15, 0.2) is 5.96 Å². The van der Waals surface area contributed by atoms with Crippen molar-refractivity contribution in [1.82, 2.24) is 20.4 Å². The summed E-state index contributed by atoms with van der Waals surface area (Å²) < 4.78 is 42.1. The molecule has 0 unspecified atom stereocenters. The third kappa shape index (κ3) is 13.8. The van der Waals surface area contributed by atoms with E-state index in [1.54, 1.807) is 4.90 Å². The van der Waals surface area contributed by atoms with E-state index in [0.717, 1.165) is 26.1 Å². The molecule has 0 spiro atoms. The minimum Gasteiger partial charge on any atom is -0.444 e. The van der Waals surface area contributed by atoms with Crippen LogP contribution in [0.2, 0.25) is 0 Å². The minimum absolute atomic E-state index is 0. The average molecular weight is 537 g/mol. The van der Waals surface area contributed by atoms with Gasteiger partial charge < -0.3 is 20.3 Å². The van der Waals surface area contributed by atoms with Crippen LogP contribution in [-0.2, 0) is 4.74 Å². The van der Waals surface area contributed by atoms with E-state index in [1.807, 2.05) is 27.7 Å². The standard InChI is InChI=1S/C18H34F3N5O2.HI/c1-5-22-15(24-9-7-18(19,20)21)23-8-6-10-25-11-13-26(14-12-25)16(27)28-17(2,3)4;/h5-14H2,1-4H3,(H2,22,23,24);1H. The number of guanidine groups is 1. The second-order valence-electron chi connectivity index (χ2n) is 7.72. The van der Waals surface area contributed by atoms with Crippen molar-refractivity contribution in [3.63, 3.8) is 0 Å². The minimum atomic E-state index is -4.17. The summed E-state index contributed by atoms with van der Waals surface area (Å²) in [6, 6.07) is 0. The number of nitrogens with one attached hydrogen (secondary N) is 2. The number of nitrogens with zero attached hydrogens (tertiary/aromatic N) is 3. The molecule has 0 aromatic rings. The molecule has 0 bridgehead atoms. The first-order valence-corrected chi connectivity index (χ1v) is 9.79. The van der Waals surface area contributed by atoms with Crippen molar-refractivity contribution in [3.05, 3.63) is 0 Å². The Kier molecular flexibility index (Phi) is 12.9. The summed E-state index contributed by atoms with van der Waals surface area (Å²) in [5.41, 5.74) is -0.495. The quantitative estimate of drug-likeness (QED) is 0.226. The number of hydrogen-bond acceptors (Lipinski definition) is 4. The third-order valence-electron chi connectivity index (χ3n) is 3.97. The lowest BCUT2D eigenvalue weighted by Gasteiger charge is -2.35. The van der Waals surface area contributed by atoms with E-state index in [9.17, 15) is 18.0 Å². The number of piperazine rings is 1. The molecule has 0 aromatic carbocycles. The summed E-state index contributed by atoms with van der Waals surface area (Å²) in [7, 11) is 0. The van der Waals surface area contributed by atoms with Crippen molar-refractivity contribution in [2.45, 2.75) is 52.3 Å². The van der Waals surface area contributed by atoms with Gasteiger partial charge in [0.2, 0.25) is 0 Å². The topological polar surface area (TPSA) is 69.2 Å². The molecule has 0 atom stereocenters. The summed E-state index contributed by atoms with van der Waals surface area (Å²) in [5.74, 6) is 0.404. The zero-order valence-corrected chi connectivity index (χ0v) is 20.1. The van der Waals surface area contributed by atoms with Crippen molar-refractivity contribution in [2.24, 2.45) is 4.99 Å². The first-order valence-electron chi connectivity index (χ1n) is 9.79. The molecular formula is C18H35F3IN5O2. The lowest BCUT2D eigenvalue weighted by atomic mass is 10.2. The lowest BCUT2D eigenvalue weighted by Crippen LogP contribution is -2.50. The predicted molar refractivity (Wildman–Crippen MR) is 119 cm³/mol. The van der Waals surface area contributed by atoms with Crippen LogP contribution in [0.5, 0.6) is 0 Å². The molecule has 1 saturated heterocycles. The highest BCUT2D eigenvalue weighted by Gasteiger charge is 2.27. The number of halogens is 4. The molecule has 1 heterocycles. The van der Waals surface area contributed by atoms with Crippen LogP contribution in [0.25, 0.3) is 0 Å². The van der Waals surface area contributed by atoms with Gasteiger partial charge in [-0.25, -0.2) is 4.79 Å². The third-order valence-corrected chi connectivity index (χ3v) is 3.97. The largest absolute Gasteiger partial charge is 0.444 e. The fraction of sp³-hybridized carbons (Fsp3) is 0.889. The van der Waals surface area contributed by atoms with E-state index in [1.165, 1.54) is 0 Å². The van der Waals surface area contributed by atoms with Gasteiger partial charge in [0, 0.05) is 52.4 Å². The Bertz CT molecular complexity index is 505. The fourth-order valence-corrected chi connectivity index (χ4v) is 2.63. The summed E-state index contributed by atoms with van der Waals surface area (Å²) in [5, 5.41) is 5.64. The Morgan fingerprint density at radius 1 is 1.10 bits per heavy atom. The normalized spacial score (nSPS) is 16.2. The zero-order valence-electron chi connectivity index (χ0n) is 17.8. The SMILES string of the molecule is CCNC(=NCCCN1CCN(C(=O)OC(C)(C)C)CC1)NCCC(F)(F)F.I. The van der Waals surface area contributed by atoms with Crippen molar-refractivity contribution in [2.75, 3.05) is 52.4 Å². The van der Waals surface area contributed by atoms with E-state index in [4.69, 9.17) is 4.74 Å². The van der Waals surface area contributed by atoms with Crippen molar-refractivity contribution >= 4 is 36.0 Å². The fourth-order valence-electron chi connectivity index (χ4n) is 2.63. The van der Waals surface area contributed by atoms with Crippen molar-refractivity contribution in [1.29, 1.82) is 0 Å². The Labute approximate surface area is 188 Å². The van der Waals surface area contributed by atoms with E-state index in [-0.39, 0.29) is 36.6 Å². The maximum Gasteiger partial charge on any atom is 0.410 e. The van der Waals surface area contributed by atoms with Gasteiger partial charge in [-0.3, -0.25) is 9.89 Å². The van der Waals surface area contributed by atoms with Crippen LogP contribution in [0.4, 0.5) is 18.0 Å². The van der Waals surface area contributed by atoms with Crippen LogP contribution in [0.3, 0.4) is 0 Å². The molecule has 29 heavy (non-hydrogen) atoms. The van der Waals surface area contributed by atoms with Crippen molar-refractivity contribution < 1.29 is 22.7 Å². The van der Waals surface area contributed by atoms with E-state index in [2.05, 4.69) is 20.5 Å². The molecule has 1 rings (SSSR count). The highest BCUT2D eigenvalue weighted by molar-refractivity contribution is 14.0. The summed E-state index contributed by atoms with van der Waals surface area (Å²) >= 11 is 0. The van der Waals surface area contributed by atoms with Gasteiger partial charge in [0.1, 0.15) is 5.60 Å². The first-order chi connectivity index (χ1) is 13.0. The molecule has 0 aliphatic carbocycles. The molecule has 2 N–H and O–H groups in total. The highest BCUT2D eigenvalue weighted by atomic mass is 127. The van der Waals surface area contributed by atoms with Gasteiger partial charge in [-0.05, 0) is 34.1 Å². The molecular weight excluding hydrogens is 502 g/mol. The molecule has 1 aliphatic heterocycles. The van der Waals surface area contributed by atoms with Crippen LogP contribution >= 0.6 is 24.0 Å². The van der Waals surface area contributed by atoms with Crippen LogP contribution < -0.4 is 10.6 Å². The number of amides is 1. The van der Waals surface area contributed by atoms with Crippen molar-refractivity contribution in [3.8, 4) is 0 Å². The molecule has 7 nitrogen and oxygen atoms in total. The van der Waals surface area contributed by atoms with Crippen LogP contribution in [-0.4, -0.2) is 86.0 Å². The van der Waals surface area contributed by atoms with Gasteiger partial charge in [-0.2, -0.15) is 13.2 Å².